The van der Waals surface area contributed by atoms with Crippen molar-refractivity contribution in [3.8, 4) is 0 Å². The molecule has 1 N–H and O–H groups in total. The predicted molar refractivity (Wildman–Crippen MR) is 78.9 cm³/mol. The van der Waals surface area contributed by atoms with Gasteiger partial charge in [0.05, 0.1) is 0 Å². The van der Waals surface area contributed by atoms with Crippen molar-refractivity contribution in [3.05, 3.63) is 52.8 Å². The molecular weight excluding hydrogens is 290 g/mol. The quantitative estimate of drug-likeness (QED) is 0.581. The van der Waals surface area contributed by atoms with Crippen LogP contribution in [0.2, 0.25) is 0 Å². The third-order valence-electron chi connectivity index (χ3n) is 2.72. The van der Waals surface area contributed by atoms with Crippen LogP contribution in [-0.2, 0) is 4.79 Å². The second-order valence-electron chi connectivity index (χ2n) is 4.31. The molecule has 0 aliphatic rings. The minimum absolute atomic E-state index is 0.0795. The Hall–Kier alpha value is -2.47. The highest BCUT2D eigenvalue weighted by Crippen LogP contribution is 2.30. The average Bonchev–Trinajstić information content (AvgIpc) is 3.03. The molecule has 0 unspecified atom stereocenters. The molecule has 0 atom stereocenters. The highest BCUT2D eigenvalue weighted by Gasteiger charge is 2.15. The summed E-state index contributed by atoms with van der Waals surface area (Å²) in [4.78, 5) is 15.7. The average molecular weight is 301 g/mol. The molecule has 0 radical (unpaired) electrons. The molecule has 3 aromatic rings. The summed E-state index contributed by atoms with van der Waals surface area (Å²) < 4.78 is 10.9. The van der Waals surface area contributed by atoms with Gasteiger partial charge in [-0.2, -0.15) is 0 Å². The van der Waals surface area contributed by atoms with Crippen LogP contribution >= 0.6 is 11.8 Å². The predicted octanol–water partition coefficient (Wildman–Crippen LogP) is 3.95. The molecule has 106 valence electrons. The van der Waals surface area contributed by atoms with Crippen molar-refractivity contribution >= 4 is 34.9 Å². The van der Waals surface area contributed by atoms with E-state index in [2.05, 4.69) is 4.98 Å². The first kappa shape index (κ1) is 13.5. The zero-order valence-corrected chi connectivity index (χ0v) is 11.9. The Kier molecular flexibility index (Phi) is 3.53. The van der Waals surface area contributed by atoms with Crippen LogP contribution in [0.15, 0.2) is 55.4 Å². The van der Waals surface area contributed by atoms with Gasteiger partial charge >= 0.3 is 5.97 Å². The molecule has 0 spiro atoms. The van der Waals surface area contributed by atoms with E-state index < -0.39 is 5.97 Å². The number of aliphatic carboxylic acids is 1. The molecule has 6 heteroatoms. The van der Waals surface area contributed by atoms with Gasteiger partial charge < -0.3 is 13.9 Å². The van der Waals surface area contributed by atoms with E-state index in [1.807, 2.05) is 18.2 Å². The van der Waals surface area contributed by atoms with E-state index in [4.69, 9.17) is 8.83 Å². The van der Waals surface area contributed by atoms with Crippen molar-refractivity contribution in [2.75, 3.05) is 0 Å². The van der Waals surface area contributed by atoms with Gasteiger partial charge in [-0.15, -0.1) is 0 Å². The van der Waals surface area contributed by atoms with Crippen molar-refractivity contribution < 1.29 is 18.7 Å². The summed E-state index contributed by atoms with van der Waals surface area (Å²) in [5.41, 5.74) is 1.32. The lowest BCUT2D eigenvalue weighted by Crippen LogP contribution is -1.96. The lowest BCUT2D eigenvalue weighted by molar-refractivity contribution is -0.131. The number of oxazole rings is 1. The van der Waals surface area contributed by atoms with Crippen LogP contribution in [0.4, 0.5) is 0 Å². The Bertz CT molecular complexity index is 798. The van der Waals surface area contributed by atoms with Crippen molar-refractivity contribution in [1.82, 2.24) is 4.98 Å². The van der Waals surface area contributed by atoms with Gasteiger partial charge in [-0.05, 0) is 43.0 Å². The minimum atomic E-state index is -1.06. The highest BCUT2D eigenvalue weighted by molar-refractivity contribution is 8.03. The zero-order chi connectivity index (χ0) is 14.8. The summed E-state index contributed by atoms with van der Waals surface area (Å²) in [6.07, 6.45) is 1.45. The number of benzene rings is 1. The van der Waals surface area contributed by atoms with Gasteiger partial charge in [-0.1, -0.05) is 12.1 Å². The van der Waals surface area contributed by atoms with E-state index >= 15 is 0 Å². The fourth-order valence-corrected chi connectivity index (χ4v) is 2.51. The van der Waals surface area contributed by atoms with Crippen molar-refractivity contribution in [3.63, 3.8) is 0 Å². The van der Waals surface area contributed by atoms with Gasteiger partial charge in [-0.25, -0.2) is 9.78 Å². The number of fused-ring (bicyclic) bond motifs is 1. The third kappa shape index (κ3) is 3.00. The van der Waals surface area contributed by atoms with Gasteiger partial charge in [0, 0.05) is 6.08 Å². The first-order valence-electron chi connectivity index (χ1n) is 6.17. The summed E-state index contributed by atoms with van der Waals surface area (Å²) in [5, 5.41) is 9.56. The smallest absolute Gasteiger partial charge is 0.342 e. The first-order valence-corrected chi connectivity index (χ1v) is 6.98. The standard InChI is InChI=1S/C15H11NO4S/c1-9-6-7-10(19-9)8-13(14(17)18)21-15-16-11-4-2-3-5-12(11)20-15/h2-8H,1H3,(H,17,18)/b13-8-. The molecule has 5 nitrogen and oxygen atoms in total. The monoisotopic (exact) mass is 301 g/mol. The van der Waals surface area contributed by atoms with Crippen LogP contribution in [0.25, 0.3) is 17.2 Å². The van der Waals surface area contributed by atoms with Crippen LogP contribution < -0.4 is 0 Å². The number of nitrogens with zero attached hydrogens (tertiary/aromatic N) is 1. The van der Waals surface area contributed by atoms with Gasteiger partial charge in [0.1, 0.15) is 21.9 Å². The molecule has 0 aliphatic heterocycles. The molecule has 3 rings (SSSR count). The van der Waals surface area contributed by atoms with Crippen LogP contribution in [0.1, 0.15) is 11.5 Å². The summed E-state index contributed by atoms with van der Waals surface area (Å²) >= 11 is 0.950. The van der Waals surface area contributed by atoms with Crippen LogP contribution in [0.3, 0.4) is 0 Å². The molecule has 2 aromatic heterocycles. The number of aromatic nitrogens is 1. The normalized spacial score (nSPS) is 12.0. The second-order valence-corrected chi connectivity index (χ2v) is 5.30. The Morgan fingerprint density at radius 2 is 2.05 bits per heavy atom. The summed E-state index contributed by atoms with van der Waals surface area (Å²) in [7, 11) is 0. The number of carbonyl (C=O) groups is 1. The summed E-state index contributed by atoms with van der Waals surface area (Å²) in [6, 6.07) is 10.8. The van der Waals surface area contributed by atoms with E-state index in [0.29, 0.717) is 16.9 Å². The lowest BCUT2D eigenvalue weighted by Gasteiger charge is -1.97. The fraction of sp³-hybridized carbons (Fsp3) is 0.0667. The second kappa shape index (κ2) is 5.49. The largest absolute Gasteiger partial charge is 0.477 e. The molecule has 0 fully saturated rings. The number of carboxylic acids is 1. The van der Waals surface area contributed by atoms with E-state index in [-0.39, 0.29) is 10.1 Å². The minimum Gasteiger partial charge on any atom is -0.477 e. The molecule has 0 saturated carbocycles. The van der Waals surface area contributed by atoms with Gasteiger partial charge in [0.15, 0.2) is 5.58 Å². The van der Waals surface area contributed by atoms with Gasteiger partial charge in [0.25, 0.3) is 5.22 Å². The molecule has 2 heterocycles. The number of hydrogen-bond donors (Lipinski definition) is 1. The third-order valence-corrected chi connectivity index (χ3v) is 3.58. The summed E-state index contributed by atoms with van der Waals surface area (Å²) in [6.45, 7) is 1.80. The van der Waals surface area contributed by atoms with Crippen LogP contribution in [-0.4, -0.2) is 16.1 Å². The van der Waals surface area contributed by atoms with Crippen LogP contribution in [0.5, 0.6) is 0 Å². The molecule has 0 amide bonds. The maximum absolute atomic E-state index is 11.3. The maximum Gasteiger partial charge on any atom is 0.342 e. The number of hydrogen-bond acceptors (Lipinski definition) is 5. The van der Waals surface area contributed by atoms with Gasteiger partial charge in [0.2, 0.25) is 0 Å². The molecular formula is C15H11NO4S. The number of para-hydroxylation sites is 2. The highest BCUT2D eigenvalue weighted by atomic mass is 32.2. The molecule has 1 aromatic carbocycles. The van der Waals surface area contributed by atoms with E-state index in [0.717, 1.165) is 17.5 Å². The Morgan fingerprint density at radius 1 is 1.24 bits per heavy atom. The Labute approximate surface area is 124 Å². The number of thioether (sulfide) groups is 1. The first-order chi connectivity index (χ1) is 10.1. The topological polar surface area (TPSA) is 76.5 Å². The number of aryl methyl sites for hydroxylation is 1. The van der Waals surface area contributed by atoms with Gasteiger partial charge in [-0.3, -0.25) is 0 Å². The molecule has 21 heavy (non-hydrogen) atoms. The Morgan fingerprint density at radius 3 is 2.71 bits per heavy atom. The Balaban J connectivity index is 1.91. The molecule has 0 bridgehead atoms. The van der Waals surface area contributed by atoms with E-state index in [1.165, 1.54) is 6.08 Å². The zero-order valence-electron chi connectivity index (χ0n) is 11.1. The van der Waals surface area contributed by atoms with Crippen molar-refractivity contribution in [2.45, 2.75) is 12.1 Å². The SMILES string of the molecule is Cc1ccc(/C=C(\Sc2nc3ccccc3o2)C(=O)O)o1. The number of rotatable bonds is 4. The fourth-order valence-electron chi connectivity index (χ4n) is 1.78. The van der Waals surface area contributed by atoms with Crippen LogP contribution in [0, 0.1) is 6.92 Å². The van der Waals surface area contributed by atoms with Crippen molar-refractivity contribution in [2.24, 2.45) is 0 Å². The maximum atomic E-state index is 11.3. The molecule has 0 saturated heterocycles. The lowest BCUT2D eigenvalue weighted by atomic mass is 10.3. The van der Waals surface area contributed by atoms with E-state index in [1.54, 1.807) is 25.1 Å². The molecule has 0 aliphatic carbocycles. The number of furan rings is 1. The van der Waals surface area contributed by atoms with Crippen molar-refractivity contribution in [1.29, 1.82) is 0 Å². The number of carboxylic acid groups (broad SMARTS) is 1. The summed E-state index contributed by atoms with van der Waals surface area (Å²) in [5.74, 6) is 0.141. The van der Waals surface area contributed by atoms with E-state index in [9.17, 15) is 9.90 Å².